The van der Waals surface area contributed by atoms with Crippen molar-refractivity contribution in [2.75, 3.05) is 5.73 Å². The van der Waals surface area contributed by atoms with E-state index in [4.69, 9.17) is 5.73 Å². The average molecular weight is 247 g/mol. The number of imide groups is 1. The molecule has 1 heterocycles. The number of hydrogen-bond donors (Lipinski definition) is 3. The van der Waals surface area contributed by atoms with Crippen molar-refractivity contribution < 1.29 is 14.4 Å². The average Bonchev–Trinajstić information content (AvgIpc) is 2.33. The van der Waals surface area contributed by atoms with Crippen molar-refractivity contribution in [3.63, 3.8) is 0 Å². The Hall–Kier alpha value is -2.37. The van der Waals surface area contributed by atoms with E-state index in [-0.39, 0.29) is 12.3 Å². The van der Waals surface area contributed by atoms with Gasteiger partial charge in [0.1, 0.15) is 6.04 Å². The molecule has 0 radical (unpaired) electrons. The fraction of sp³-hybridized carbons (Fsp3) is 0.250. The molecule has 1 atom stereocenters. The Morgan fingerprint density at radius 2 is 2.06 bits per heavy atom. The first-order valence-corrected chi connectivity index (χ1v) is 5.57. The maximum absolute atomic E-state index is 11.9. The fourth-order valence-corrected chi connectivity index (χ4v) is 1.77. The van der Waals surface area contributed by atoms with Crippen LogP contribution in [0.4, 0.5) is 5.69 Å². The van der Waals surface area contributed by atoms with Gasteiger partial charge in [0.15, 0.2) is 0 Å². The first-order chi connectivity index (χ1) is 8.58. The molecular formula is C12H13N3O3. The first-order valence-electron chi connectivity index (χ1n) is 5.57. The maximum Gasteiger partial charge on any atom is 0.254 e. The molecule has 0 saturated carbocycles. The molecule has 0 spiro atoms. The zero-order chi connectivity index (χ0) is 13.1. The number of carbonyl (C=O) groups is 3. The van der Waals surface area contributed by atoms with Crippen LogP contribution in [0.5, 0.6) is 0 Å². The number of benzene rings is 1. The number of para-hydroxylation sites is 1. The number of nitrogen functional groups attached to an aromatic ring is 1. The van der Waals surface area contributed by atoms with Gasteiger partial charge in [-0.2, -0.15) is 0 Å². The van der Waals surface area contributed by atoms with Gasteiger partial charge in [-0.3, -0.25) is 19.7 Å². The fourth-order valence-electron chi connectivity index (χ4n) is 1.77. The summed E-state index contributed by atoms with van der Waals surface area (Å²) in [4.78, 5) is 34.3. The summed E-state index contributed by atoms with van der Waals surface area (Å²) in [6.07, 6.45) is 0.532. The third kappa shape index (κ3) is 2.48. The molecule has 1 aromatic rings. The molecule has 0 aromatic heterocycles. The smallest absolute Gasteiger partial charge is 0.254 e. The second-order valence-electron chi connectivity index (χ2n) is 4.06. The molecule has 1 aliphatic rings. The van der Waals surface area contributed by atoms with Gasteiger partial charge < -0.3 is 11.1 Å². The van der Waals surface area contributed by atoms with Gasteiger partial charge in [-0.15, -0.1) is 0 Å². The molecule has 0 unspecified atom stereocenters. The lowest BCUT2D eigenvalue weighted by Crippen LogP contribution is -2.52. The number of rotatable bonds is 2. The molecule has 1 aromatic carbocycles. The first kappa shape index (κ1) is 12.1. The predicted molar refractivity (Wildman–Crippen MR) is 64.5 cm³/mol. The standard InChI is InChI=1S/C12H13N3O3/c13-8-4-2-1-3-7(8)11(17)14-9-5-6-10(16)15-12(9)18/h1-4,9H,5-6,13H2,(H,14,17)(H,15,16,18)/t9-/m0/s1. The maximum atomic E-state index is 11.9. The van der Waals surface area contributed by atoms with Crippen LogP contribution in [-0.2, 0) is 9.59 Å². The Bertz CT molecular complexity index is 513. The number of piperidine rings is 1. The minimum atomic E-state index is -0.685. The summed E-state index contributed by atoms with van der Waals surface area (Å²) < 4.78 is 0. The number of nitrogens with two attached hydrogens (primary N) is 1. The van der Waals surface area contributed by atoms with E-state index < -0.39 is 17.9 Å². The van der Waals surface area contributed by atoms with Crippen LogP contribution in [0, 0.1) is 0 Å². The van der Waals surface area contributed by atoms with Crippen LogP contribution < -0.4 is 16.4 Å². The number of carbonyl (C=O) groups excluding carboxylic acids is 3. The lowest BCUT2D eigenvalue weighted by atomic mass is 10.1. The molecule has 18 heavy (non-hydrogen) atoms. The molecule has 2 rings (SSSR count). The highest BCUT2D eigenvalue weighted by molar-refractivity contribution is 6.05. The van der Waals surface area contributed by atoms with Crippen LogP contribution in [0.3, 0.4) is 0 Å². The van der Waals surface area contributed by atoms with Crippen molar-refractivity contribution in [3.8, 4) is 0 Å². The molecule has 1 saturated heterocycles. The number of nitrogens with one attached hydrogen (secondary N) is 2. The SMILES string of the molecule is Nc1ccccc1C(=O)N[C@H]1CCC(=O)NC1=O. The van der Waals surface area contributed by atoms with Crippen LogP contribution in [0.1, 0.15) is 23.2 Å². The molecule has 6 heteroatoms. The highest BCUT2D eigenvalue weighted by Gasteiger charge is 2.28. The van der Waals surface area contributed by atoms with Gasteiger partial charge in [-0.1, -0.05) is 12.1 Å². The molecule has 94 valence electrons. The number of hydrogen-bond acceptors (Lipinski definition) is 4. The second kappa shape index (κ2) is 4.87. The van der Waals surface area contributed by atoms with Crippen molar-refractivity contribution in [1.82, 2.24) is 10.6 Å². The molecule has 6 nitrogen and oxygen atoms in total. The molecule has 0 bridgehead atoms. The van der Waals surface area contributed by atoms with E-state index >= 15 is 0 Å². The van der Waals surface area contributed by atoms with E-state index in [2.05, 4.69) is 10.6 Å². The van der Waals surface area contributed by atoms with Gasteiger partial charge in [0.05, 0.1) is 5.56 Å². The summed E-state index contributed by atoms with van der Waals surface area (Å²) in [7, 11) is 0. The molecule has 4 N–H and O–H groups in total. The largest absolute Gasteiger partial charge is 0.398 e. The van der Waals surface area contributed by atoms with Crippen LogP contribution in [0.2, 0.25) is 0 Å². The van der Waals surface area contributed by atoms with E-state index in [0.29, 0.717) is 17.7 Å². The van der Waals surface area contributed by atoms with Crippen LogP contribution >= 0.6 is 0 Å². The van der Waals surface area contributed by atoms with Gasteiger partial charge in [0.25, 0.3) is 5.91 Å². The van der Waals surface area contributed by atoms with E-state index in [1.807, 2.05) is 0 Å². The van der Waals surface area contributed by atoms with Gasteiger partial charge >= 0.3 is 0 Å². The summed E-state index contributed by atoms with van der Waals surface area (Å²) in [5.41, 5.74) is 6.34. The van der Waals surface area contributed by atoms with Gasteiger partial charge in [0, 0.05) is 12.1 Å². The molecular weight excluding hydrogens is 234 g/mol. The lowest BCUT2D eigenvalue weighted by Gasteiger charge is -2.22. The van der Waals surface area contributed by atoms with Crippen molar-refractivity contribution in [2.24, 2.45) is 0 Å². The minimum absolute atomic E-state index is 0.223. The van der Waals surface area contributed by atoms with Crippen molar-refractivity contribution in [1.29, 1.82) is 0 Å². The van der Waals surface area contributed by atoms with Crippen molar-refractivity contribution in [3.05, 3.63) is 29.8 Å². The summed E-state index contributed by atoms with van der Waals surface area (Å²) in [6.45, 7) is 0. The summed E-state index contributed by atoms with van der Waals surface area (Å²) >= 11 is 0. The summed E-state index contributed by atoms with van der Waals surface area (Å²) in [5.74, 6) is -1.21. The normalized spacial score (nSPS) is 19.2. The van der Waals surface area contributed by atoms with Crippen LogP contribution in [0.25, 0.3) is 0 Å². The molecule has 1 aliphatic heterocycles. The third-order valence-electron chi connectivity index (χ3n) is 2.75. The van der Waals surface area contributed by atoms with E-state index in [9.17, 15) is 14.4 Å². The second-order valence-corrected chi connectivity index (χ2v) is 4.06. The van der Waals surface area contributed by atoms with Gasteiger partial charge in [0.2, 0.25) is 11.8 Å². The zero-order valence-electron chi connectivity index (χ0n) is 9.60. The van der Waals surface area contributed by atoms with Crippen LogP contribution in [0.15, 0.2) is 24.3 Å². The Balaban J connectivity index is 2.06. The Morgan fingerprint density at radius 3 is 2.72 bits per heavy atom. The summed E-state index contributed by atoms with van der Waals surface area (Å²) in [5, 5.41) is 4.74. The molecule has 3 amide bonds. The Kier molecular flexibility index (Phi) is 3.27. The quantitative estimate of drug-likeness (QED) is 0.497. The minimum Gasteiger partial charge on any atom is -0.398 e. The number of amides is 3. The molecule has 0 aliphatic carbocycles. The van der Waals surface area contributed by atoms with Gasteiger partial charge in [-0.25, -0.2) is 0 Å². The summed E-state index contributed by atoms with van der Waals surface area (Å²) in [6, 6.07) is 5.92. The number of anilines is 1. The van der Waals surface area contributed by atoms with Crippen LogP contribution in [-0.4, -0.2) is 23.8 Å². The van der Waals surface area contributed by atoms with Crippen molar-refractivity contribution >= 4 is 23.4 Å². The lowest BCUT2D eigenvalue weighted by molar-refractivity contribution is -0.134. The van der Waals surface area contributed by atoms with Crippen molar-refractivity contribution in [2.45, 2.75) is 18.9 Å². The van der Waals surface area contributed by atoms with E-state index in [1.165, 1.54) is 0 Å². The van der Waals surface area contributed by atoms with E-state index in [1.54, 1.807) is 24.3 Å². The van der Waals surface area contributed by atoms with Gasteiger partial charge in [-0.05, 0) is 18.6 Å². The highest BCUT2D eigenvalue weighted by Crippen LogP contribution is 2.12. The van der Waals surface area contributed by atoms with E-state index in [0.717, 1.165) is 0 Å². The zero-order valence-corrected chi connectivity index (χ0v) is 9.60. The molecule has 1 fully saturated rings. The Labute approximate surface area is 104 Å². The monoisotopic (exact) mass is 247 g/mol. The third-order valence-corrected chi connectivity index (χ3v) is 2.75. The predicted octanol–water partition coefficient (Wildman–Crippen LogP) is -0.196. The Morgan fingerprint density at radius 1 is 1.33 bits per heavy atom. The highest BCUT2D eigenvalue weighted by atomic mass is 16.2. The topological polar surface area (TPSA) is 101 Å².